The molecule has 2 amide bonds. The van der Waals surface area contributed by atoms with E-state index in [0.29, 0.717) is 41.8 Å². The molecule has 30 heavy (non-hydrogen) atoms. The molecule has 7 heteroatoms. The van der Waals surface area contributed by atoms with Crippen molar-refractivity contribution in [2.75, 3.05) is 19.9 Å². The minimum absolute atomic E-state index is 0.00403. The zero-order chi connectivity index (χ0) is 20.7. The maximum atomic E-state index is 13.0. The molecule has 1 saturated heterocycles. The van der Waals surface area contributed by atoms with Crippen LogP contribution in [0.3, 0.4) is 0 Å². The fourth-order valence-electron chi connectivity index (χ4n) is 4.14. The summed E-state index contributed by atoms with van der Waals surface area (Å²) in [7, 11) is 0. The highest BCUT2D eigenvalue weighted by atomic mass is 16.7. The first-order valence-corrected chi connectivity index (χ1v) is 10.6. The summed E-state index contributed by atoms with van der Waals surface area (Å²) in [5.74, 6) is 1.43. The van der Waals surface area contributed by atoms with E-state index in [-0.39, 0.29) is 24.5 Å². The van der Waals surface area contributed by atoms with E-state index in [4.69, 9.17) is 14.5 Å². The topological polar surface area (TPSA) is 80.8 Å². The summed E-state index contributed by atoms with van der Waals surface area (Å²) in [6, 6.07) is 9.41. The van der Waals surface area contributed by atoms with Gasteiger partial charge in [0.1, 0.15) is 0 Å². The lowest BCUT2D eigenvalue weighted by Crippen LogP contribution is -2.38. The second-order valence-electron chi connectivity index (χ2n) is 8.27. The van der Waals surface area contributed by atoms with Crippen LogP contribution < -0.4 is 14.8 Å². The van der Waals surface area contributed by atoms with Gasteiger partial charge in [0.25, 0.3) is 11.8 Å². The van der Waals surface area contributed by atoms with Gasteiger partial charge in [-0.15, -0.1) is 0 Å². The molecule has 2 aromatic rings. The molecule has 1 N–H and O–H groups in total. The quantitative estimate of drug-likeness (QED) is 0.843. The molecule has 7 nitrogen and oxygen atoms in total. The average molecular weight is 407 g/mol. The van der Waals surface area contributed by atoms with E-state index in [0.717, 1.165) is 37.1 Å². The van der Waals surface area contributed by atoms with Crippen molar-refractivity contribution in [1.82, 2.24) is 15.2 Å². The fraction of sp³-hybridized carbons (Fsp3) is 0.435. The Morgan fingerprint density at radius 3 is 2.57 bits per heavy atom. The van der Waals surface area contributed by atoms with Crippen LogP contribution in [0.1, 0.15) is 63.7 Å². The number of ether oxygens (including phenoxy) is 2. The first kappa shape index (κ1) is 18.9. The van der Waals surface area contributed by atoms with Crippen LogP contribution in [0.5, 0.6) is 11.5 Å². The lowest BCUT2D eigenvalue weighted by atomic mass is 9.89. The Balaban J connectivity index is 1.28. The third-order valence-electron chi connectivity index (χ3n) is 6.01. The number of pyridine rings is 1. The number of fused-ring (bicyclic) bond motifs is 1. The molecule has 2 fully saturated rings. The molecule has 2 aliphatic heterocycles. The van der Waals surface area contributed by atoms with Gasteiger partial charge in [0.2, 0.25) is 6.79 Å². The van der Waals surface area contributed by atoms with Crippen molar-refractivity contribution in [2.24, 2.45) is 0 Å². The van der Waals surface area contributed by atoms with Gasteiger partial charge in [0.05, 0.1) is 11.3 Å². The number of rotatable bonds is 4. The molecule has 0 radical (unpaired) electrons. The van der Waals surface area contributed by atoms with E-state index in [9.17, 15) is 9.59 Å². The van der Waals surface area contributed by atoms with Gasteiger partial charge in [-0.25, -0.2) is 0 Å². The van der Waals surface area contributed by atoms with Crippen molar-refractivity contribution < 1.29 is 19.1 Å². The monoisotopic (exact) mass is 407 g/mol. The molecule has 156 valence electrons. The van der Waals surface area contributed by atoms with Crippen LogP contribution >= 0.6 is 0 Å². The standard InChI is InChI=1S/C23H25N3O4/c1-14-2-6-18(22(27)25-17-4-5-17)21(24-14)15-8-10-26(11-9-15)23(28)16-3-7-19-20(12-16)30-13-29-19/h2-3,6-7,12,15,17H,4-5,8-11,13H2,1H3,(H,25,27). The van der Waals surface area contributed by atoms with E-state index < -0.39 is 0 Å². The minimum atomic E-state index is -0.0288. The van der Waals surface area contributed by atoms with Gasteiger partial charge in [0.15, 0.2) is 11.5 Å². The summed E-state index contributed by atoms with van der Waals surface area (Å²) < 4.78 is 10.7. The number of hydrogen-bond acceptors (Lipinski definition) is 5. The number of amides is 2. The number of carbonyl (C=O) groups is 2. The van der Waals surface area contributed by atoms with E-state index >= 15 is 0 Å². The number of aromatic nitrogens is 1. The zero-order valence-electron chi connectivity index (χ0n) is 17.0. The summed E-state index contributed by atoms with van der Waals surface area (Å²) in [4.78, 5) is 32.2. The number of likely N-dealkylation sites (tertiary alicyclic amines) is 1. The SMILES string of the molecule is Cc1ccc(C(=O)NC2CC2)c(C2CCN(C(=O)c3ccc4c(c3)OCO4)CC2)n1. The number of benzene rings is 1. The highest BCUT2D eigenvalue weighted by Crippen LogP contribution is 2.34. The van der Waals surface area contributed by atoms with E-state index in [1.807, 2.05) is 24.0 Å². The molecular formula is C23H25N3O4. The van der Waals surface area contributed by atoms with Gasteiger partial charge in [-0.3, -0.25) is 14.6 Å². The molecule has 3 aliphatic rings. The van der Waals surface area contributed by atoms with E-state index in [1.165, 1.54) is 0 Å². The summed E-state index contributed by atoms with van der Waals surface area (Å²) in [5.41, 5.74) is 3.05. The van der Waals surface area contributed by atoms with Crippen LogP contribution in [0, 0.1) is 6.92 Å². The van der Waals surface area contributed by atoms with Crippen molar-refractivity contribution in [3.8, 4) is 11.5 Å². The highest BCUT2D eigenvalue weighted by molar-refractivity contribution is 5.96. The third kappa shape index (κ3) is 3.72. The molecule has 5 rings (SSSR count). The Hall–Kier alpha value is -3.09. The third-order valence-corrected chi connectivity index (χ3v) is 6.01. The first-order valence-electron chi connectivity index (χ1n) is 10.6. The van der Waals surface area contributed by atoms with Gasteiger partial charge < -0.3 is 19.7 Å². The van der Waals surface area contributed by atoms with Crippen LogP contribution in [-0.4, -0.2) is 47.6 Å². The zero-order valence-corrected chi connectivity index (χ0v) is 17.0. The summed E-state index contributed by atoms with van der Waals surface area (Å²) >= 11 is 0. The Morgan fingerprint density at radius 2 is 1.80 bits per heavy atom. The summed E-state index contributed by atoms with van der Waals surface area (Å²) in [6.07, 6.45) is 3.69. The molecule has 0 unspecified atom stereocenters. The smallest absolute Gasteiger partial charge is 0.253 e. The van der Waals surface area contributed by atoms with Crippen molar-refractivity contribution in [1.29, 1.82) is 0 Å². The minimum Gasteiger partial charge on any atom is -0.454 e. The second kappa shape index (κ2) is 7.63. The number of carbonyl (C=O) groups excluding carboxylic acids is 2. The highest BCUT2D eigenvalue weighted by Gasteiger charge is 2.30. The molecule has 1 saturated carbocycles. The van der Waals surface area contributed by atoms with Crippen molar-refractivity contribution in [2.45, 2.75) is 44.6 Å². The lowest BCUT2D eigenvalue weighted by molar-refractivity contribution is 0.0710. The number of aryl methyl sites for hydroxylation is 1. The molecule has 0 spiro atoms. The number of piperidine rings is 1. The molecular weight excluding hydrogens is 382 g/mol. The molecule has 3 heterocycles. The molecule has 1 aliphatic carbocycles. The summed E-state index contributed by atoms with van der Waals surface area (Å²) in [6.45, 7) is 3.41. The molecule has 1 aromatic heterocycles. The van der Waals surface area contributed by atoms with Crippen LogP contribution in [0.15, 0.2) is 30.3 Å². The van der Waals surface area contributed by atoms with Gasteiger partial charge in [-0.05, 0) is 62.9 Å². The number of hydrogen-bond donors (Lipinski definition) is 1. The average Bonchev–Trinajstić information content (AvgIpc) is 3.45. The Kier molecular flexibility index (Phi) is 4.81. The Morgan fingerprint density at radius 1 is 1.03 bits per heavy atom. The van der Waals surface area contributed by atoms with Gasteiger partial charge in [-0.2, -0.15) is 0 Å². The largest absolute Gasteiger partial charge is 0.454 e. The maximum Gasteiger partial charge on any atom is 0.253 e. The van der Waals surface area contributed by atoms with Crippen LogP contribution in [0.25, 0.3) is 0 Å². The first-order chi connectivity index (χ1) is 14.6. The predicted molar refractivity (Wildman–Crippen MR) is 110 cm³/mol. The van der Waals surface area contributed by atoms with E-state index in [2.05, 4.69) is 5.32 Å². The summed E-state index contributed by atoms with van der Waals surface area (Å²) in [5, 5.41) is 3.07. The Bertz CT molecular complexity index is 994. The molecule has 1 aromatic carbocycles. The Labute approximate surface area is 175 Å². The maximum absolute atomic E-state index is 13.0. The van der Waals surface area contributed by atoms with Crippen LogP contribution in [0.4, 0.5) is 0 Å². The number of nitrogens with zero attached hydrogens (tertiary/aromatic N) is 2. The molecule has 0 atom stereocenters. The van der Waals surface area contributed by atoms with Gasteiger partial charge >= 0.3 is 0 Å². The van der Waals surface area contributed by atoms with Gasteiger partial charge in [-0.1, -0.05) is 0 Å². The van der Waals surface area contributed by atoms with Crippen molar-refractivity contribution >= 4 is 11.8 Å². The van der Waals surface area contributed by atoms with Crippen LogP contribution in [-0.2, 0) is 0 Å². The number of nitrogens with one attached hydrogen (secondary N) is 1. The van der Waals surface area contributed by atoms with Crippen LogP contribution in [0.2, 0.25) is 0 Å². The normalized spacial score (nSPS) is 18.4. The molecule has 0 bridgehead atoms. The van der Waals surface area contributed by atoms with E-state index in [1.54, 1.807) is 18.2 Å². The lowest BCUT2D eigenvalue weighted by Gasteiger charge is -2.32. The van der Waals surface area contributed by atoms with Crippen molar-refractivity contribution in [3.05, 3.63) is 52.8 Å². The van der Waals surface area contributed by atoms with Crippen molar-refractivity contribution in [3.63, 3.8) is 0 Å². The predicted octanol–water partition coefficient (Wildman–Crippen LogP) is 3.03. The van der Waals surface area contributed by atoms with Gasteiger partial charge in [0, 0.05) is 36.3 Å². The fourth-order valence-corrected chi connectivity index (χ4v) is 4.14. The second-order valence-corrected chi connectivity index (χ2v) is 8.27.